The summed E-state index contributed by atoms with van der Waals surface area (Å²) in [5.41, 5.74) is 0. The number of benzene rings is 1. The van der Waals surface area contributed by atoms with Gasteiger partial charge in [0.25, 0.3) is 5.91 Å². The molecule has 0 bridgehead atoms. The van der Waals surface area contributed by atoms with Crippen molar-refractivity contribution in [2.75, 3.05) is 6.54 Å². The second-order valence-corrected chi connectivity index (χ2v) is 3.82. The number of ether oxygens (including phenoxy) is 1. The van der Waals surface area contributed by atoms with E-state index in [0.717, 1.165) is 6.07 Å². The summed E-state index contributed by atoms with van der Waals surface area (Å²) in [5.74, 6) is -2.35. The third-order valence-electron chi connectivity index (χ3n) is 2.23. The minimum Gasteiger partial charge on any atom is -0.481 e. The molecule has 0 saturated heterocycles. The van der Waals surface area contributed by atoms with Crippen molar-refractivity contribution in [2.45, 2.75) is 19.1 Å². The van der Waals surface area contributed by atoms with Gasteiger partial charge in [0.05, 0.1) is 6.54 Å². The number of nitrogens with one attached hydrogen (secondary N) is 1. The zero-order valence-corrected chi connectivity index (χ0v) is 10.2. The molecule has 0 saturated carbocycles. The Balaban J connectivity index is 2.47. The van der Waals surface area contributed by atoms with Gasteiger partial charge in [-0.1, -0.05) is 6.07 Å². The SMILES string of the molecule is CC(Oc1cccc(F)c1)C(=O)NCC(O)C(=O)O. The molecule has 1 aromatic rings. The molecule has 1 amide bonds. The molecule has 104 valence electrons. The Labute approximate surface area is 108 Å². The van der Waals surface area contributed by atoms with Crippen molar-refractivity contribution in [3.8, 4) is 5.75 Å². The van der Waals surface area contributed by atoms with Gasteiger partial charge in [-0.25, -0.2) is 9.18 Å². The van der Waals surface area contributed by atoms with Crippen LogP contribution >= 0.6 is 0 Å². The zero-order valence-electron chi connectivity index (χ0n) is 10.2. The number of amides is 1. The van der Waals surface area contributed by atoms with E-state index in [4.69, 9.17) is 14.9 Å². The second-order valence-electron chi connectivity index (χ2n) is 3.82. The second kappa shape index (κ2) is 6.69. The van der Waals surface area contributed by atoms with Gasteiger partial charge < -0.3 is 20.3 Å². The molecule has 1 rings (SSSR count). The lowest BCUT2D eigenvalue weighted by Gasteiger charge is -2.15. The number of halogens is 1. The number of carboxylic acid groups (broad SMARTS) is 1. The van der Waals surface area contributed by atoms with E-state index in [1.54, 1.807) is 0 Å². The van der Waals surface area contributed by atoms with Crippen LogP contribution in [0.5, 0.6) is 5.75 Å². The zero-order chi connectivity index (χ0) is 14.4. The van der Waals surface area contributed by atoms with Gasteiger partial charge in [-0.2, -0.15) is 0 Å². The van der Waals surface area contributed by atoms with Crippen LogP contribution in [0.2, 0.25) is 0 Å². The maximum absolute atomic E-state index is 12.9. The molecule has 0 heterocycles. The molecular weight excluding hydrogens is 257 g/mol. The van der Waals surface area contributed by atoms with Gasteiger partial charge in [-0.15, -0.1) is 0 Å². The van der Waals surface area contributed by atoms with Crippen LogP contribution in [0, 0.1) is 5.82 Å². The Morgan fingerprint density at radius 3 is 2.74 bits per heavy atom. The van der Waals surface area contributed by atoms with Crippen LogP contribution in [0.15, 0.2) is 24.3 Å². The summed E-state index contributed by atoms with van der Waals surface area (Å²) in [7, 11) is 0. The summed E-state index contributed by atoms with van der Waals surface area (Å²) in [4.78, 5) is 21.9. The fraction of sp³-hybridized carbons (Fsp3) is 0.333. The first-order chi connectivity index (χ1) is 8.90. The van der Waals surface area contributed by atoms with E-state index in [-0.39, 0.29) is 5.75 Å². The standard InChI is InChI=1S/C12H14FNO5/c1-7(11(16)14-6-10(15)12(17)18)19-9-4-2-3-8(13)5-9/h2-5,7,10,15H,6H2,1H3,(H,14,16)(H,17,18). The Hall–Kier alpha value is -2.15. The number of aliphatic hydroxyl groups is 1. The molecule has 0 spiro atoms. The Morgan fingerprint density at radius 1 is 1.47 bits per heavy atom. The van der Waals surface area contributed by atoms with Crippen LogP contribution in [-0.4, -0.2) is 40.8 Å². The number of carbonyl (C=O) groups is 2. The molecule has 0 aliphatic heterocycles. The normalized spacial score (nSPS) is 13.4. The maximum Gasteiger partial charge on any atom is 0.334 e. The highest BCUT2D eigenvalue weighted by Gasteiger charge is 2.18. The predicted octanol–water partition coefficient (Wildman–Crippen LogP) is 0.155. The fourth-order valence-electron chi connectivity index (χ4n) is 1.23. The molecule has 6 nitrogen and oxygen atoms in total. The average molecular weight is 271 g/mol. The lowest BCUT2D eigenvalue weighted by molar-refractivity contribution is -0.146. The molecule has 3 N–H and O–H groups in total. The smallest absolute Gasteiger partial charge is 0.334 e. The quantitative estimate of drug-likeness (QED) is 0.684. The summed E-state index contributed by atoms with van der Waals surface area (Å²) in [5, 5.41) is 19.6. The van der Waals surface area contributed by atoms with Gasteiger partial charge in [0.2, 0.25) is 0 Å². The highest BCUT2D eigenvalue weighted by Crippen LogP contribution is 2.13. The molecule has 1 aromatic carbocycles. The third-order valence-corrected chi connectivity index (χ3v) is 2.23. The van der Waals surface area contributed by atoms with Gasteiger partial charge in [0.1, 0.15) is 11.6 Å². The van der Waals surface area contributed by atoms with Crippen molar-refractivity contribution in [2.24, 2.45) is 0 Å². The molecular formula is C12H14FNO5. The highest BCUT2D eigenvalue weighted by molar-refractivity contribution is 5.81. The Bertz CT molecular complexity index is 465. The van der Waals surface area contributed by atoms with Gasteiger partial charge in [0.15, 0.2) is 12.2 Å². The summed E-state index contributed by atoms with van der Waals surface area (Å²) < 4.78 is 18.1. The average Bonchev–Trinajstić information content (AvgIpc) is 2.35. The molecule has 0 radical (unpaired) electrons. The van der Waals surface area contributed by atoms with Crippen molar-refractivity contribution in [3.63, 3.8) is 0 Å². The summed E-state index contributed by atoms with van der Waals surface area (Å²) in [6.07, 6.45) is -2.62. The number of hydrogen-bond acceptors (Lipinski definition) is 4. The summed E-state index contributed by atoms with van der Waals surface area (Å²) in [6.45, 7) is 0.998. The monoisotopic (exact) mass is 271 g/mol. The molecule has 0 fully saturated rings. The first-order valence-electron chi connectivity index (χ1n) is 5.51. The van der Waals surface area contributed by atoms with Gasteiger partial charge >= 0.3 is 5.97 Å². The number of carbonyl (C=O) groups excluding carboxylic acids is 1. The highest BCUT2D eigenvalue weighted by atomic mass is 19.1. The van der Waals surface area contributed by atoms with Crippen LogP contribution in [0.25, 0.3) is 0 Å². The van der Waals surface area contributed by atoms with Crippen LogP contribution in [0.3, 0.4) is 0 Å². The predicted molar refractivity (Wildman–Crippen MR) is 63.1 cm³/mol. The largest absolute Gasteiger partial charge is 0.481 e. The van der Waals surface area contributed by atoms with Crippen molar-refractivity contribution >= 4 is 11.9 Å². The molecule has 2 unspecified atom stereocenters. The summed E-state index contributed by atoms with van der Waals surface area (Å²) in [6, 6.07) is 5.28. The van der Waals surface area contributed by atoms with Crippen molar-refractivity contribution < 1.29 is 28.9 Å². The molecule has 0 aliphatic carbocycles. The van der Waals surface area contributed by atoms with E-state index in [1.165, 1.54) is 25.1 Å². The summed E-state index contributed by atoms with van der Waals surface area (Å²) >= 11 is 0. The van der Waals surface area contributed by atoms with E-state index >= 15 is 0 Å². The van der Waals surface area contributed by atoms with E-state index in [2.05, 4.69) is 5.32 Å². The van der Waals surface area contributed by atoms with Gasteiger partial charge in [0, 0.05) is 6.07 Å². The molecule has 7 heteroatoms. The first kappa shape index (κ1) is 14.9. The van der Waals surface area contributed by atoms with Crippen LogP contribution in [0.4, 0.5) is 4.39 Å². The van der Waals surface area contributed by atoms with E-state index in [1.807, 2.05) is 0 Å². The topological polar surface area (TPSA) is 95.9 Å². The van der Waals surface area contributed by atoms with Crippen molar-refractivity contribution in [3.05, 3.63) is 30.1 Å². The van der Waals surface area contributed by atoms with Crippen molar-refractivity contribution in [1.82, 2.24) is 5.32 Å². The van der Waals surface area contributed by atoms with E-state index < -0.39 is 36.4 Å². The minimum atomic E-state index is -1.68. The lowest BCUT2D eigenvalue weighted by Crippen LogP contribution is -2.42. The number of rotatable bonds is 6. The van der Waals surface area contributed by atoms with Gasteiger partial charge in [-0.3, -0.25) is 4.79 Å². The van der Waals surface area contributed by atoms with E-state index in [0.29, 0.717) is 0 Å². The minimum absolute atomic E-state index is 0.182. The van der Waals surface area contributed by atoms with Crippen LogP contribution in [-0.2, 0) is 9.59 Å². The maximum atomic E-state index is 12.9. The number of hydrogen-bond donors (Lipinski definition) is 3. The molecule has 2 atom stereocenters. The van der Waals surface area contributed by atoms with Gasteiger partial charge in [-0.05, 0) is 19.1 Å². The van der Waals surface area contributed by atoms with Crippen LogP contribution < -0.4 is 10.1 Å². The number of carboxylic acids is 1. The molecule has 19 heavy (non-hydrogen) atoms. The number of aliphatic carboxylic acids is 1. The van der Waals surface area contributed by atoms with Crippen LogP contribution in [0.1, 0.15) is 6.92 Å². The van der Waals surface area contributed by atoms with E-state index in [9.17, 15) is 14.0 Å². The van der Waals surface area contributed by atoms with Crippen molar-refractivity contribution in [1.29, 1.82) is 0 Å². The Kier molecular flexibility index (Phi) is 5.25. The Morgan fingerprint density at radius 2 is 2.16 bits per heavy atom. The molecule has 0 aliphatic rings. The third kappa shape index (κ3) is 4.92. The fourth-order valence-corrected chi connectivity index (χ4v) is 1.23. The molecule has 0 aromatic heterocycles. The first-order valence-corrected chi connectivity index (χ1v) is 5.51. The lowest BCUT2D eigenvalue weighted by atomic mass is 10.3. The number of aliphatic hydroxyl groups excluding tert-OH is 1.